The van der Waals surface area contributed by atoms with Gasteiger partial charge in [-0.15, -0.1) is 5.11 Å². The molecule has 0 unspecified atom stereocenters. The molecule has 0 atom stereocenters. The Hall–Kier alpha value is -0.710. The fourth-order valence-corrected chi connectivity index (χ4v) is 0.457. The summed E-state index contributed by atoms with van der Waals surface area (Å²) in [6, 6.07) is -0.533. The van der Waals surface area contributed by atoms with Crippen molar-refractivity contribution in [2.75, 3.05) is 5.75 Å². The van der Waals surface area contributed by atoms with E-state index in [1.54, 1.807) is 0 Å². The average Bonchev–Trinajstić information content (AvgIpc) is 2.14. The Labute approximate surface area is 51.1 Å². The van der Waals surface area contributed by atoms with Crippen LogP contribution in [0.15, 0.2) is 15.2 Å². The van der Waals surface area contributed by atoms with E-state index in [9.17, 15) is 4.79 Å². The summed E-state index contributed by atoms with van der Waals surface area (Å²) >= 11 is 3.82. The molecule has 2 amide bonds. The third-order valence-corrected chi connectivity index (χ3v) is 0.900. The molecule has 1 rings (SSSR count). The minimum absolute atomic E-state index is 0.370. The number of nitrogens with zero attached hydrogens (tertiary/aromatic N) is 3. The van der Waals surface area contributed by atoms with Crippen LogP contribution in [0, 0.1) is 0 Å². The molecule has 0 aromatic rings. The Kier molecular flexibility index (Phi) is 1.38. The summed E-state index contributed by atoms with van der Waals surface area (Å²) in [5, 5.41) is 6.51. The molecule has 4 nitrogen and oxygen atoms in total. The molecule has 1 heterocycles. The predicted molar refractivity (Wildman–Crippen MR) is 31.5 cm³/mol. The third-order valence-electron chi connectivity index (χ3n) is 0.617. The van der Waals surface area contributed by atoms with E-state index in [1.165, 1.54) is 0 Å². The molecule has 0 N–H and O–H groups in total. The number of carbonyl (C=O) groups is 1. The van der Waals surface area contributed by atoms with Crippen LogP contribution in [0.5, 0.6) is 0 Å². The molecule has 0 aromatic carbocycles. The number of amidine groups is 1. The first-order valence-corrected chi connectivity index (χ1v) is 2.60. The SMILES string of the molecule is O=C1N=NC(CS)=N1. The van der Waals surface area contributed by atoms with Crippen molar-refractivity contribution in [3.05, 3.63) is 0 Å². The number of carbonyl (C=O) groups excluding carboxylic acids is 1. The van der Waals surface area contributed by atoms with Gasteiger partial charge in [-0.3, -0.25) is 0 Å². The first kappa shape index (κ1) is 5.43. The van der Waals surface area contributed by atoms with Gasteiger partial charge in [0.25, 0.3) is 0 Å². The number of rotatable bonds is 1. The van der Waals surface area contributed by atoms with Gasteiger partial charge in [0.2, 0.25) is 0 Å². The highest BCUT2D eigenvalue weighted by molar-refractivity contribution is 7.81. The standard InChI is InChI=1S/C3H3N3OS/c7-3-4-2(1-8)5-6-3/h8H,1H2. The molecule has 0 aromatic heterocycles. The van der Waals surface area contributed by atoms with Gasteiger partial charge in [0.05, 0.1) is 5.75 Å². The van der Waals surface area contributed by atoms with Crippen LogP contribution in [-0.2, 0) is 0 Å². The van der Waals surface area contributed by atoms with Gasteiger partial charge in [0.1, 0.15) is 0 Å². The van der Waals surface area contributed by atoms with Crippen molar-refractivity contribution in [1.29, 1.82) is 0 Å². The van der Waals surface area contributed by atoms with Crippen LogP contribution in [0.25, 0.3) is 0 Å². The zero-order chi connectivity index (χ0) is 5.98. The highest BCUT2D eigenvalue weighted by Gasteiger charge is 2.06. The van der Waals surface area contributed by atoms with Gasteiger partial charge in [-0.1, -0.05) is 5.11 Å². The van der Waals surface area contributed by atoms with Crippen LogP contribution in [-0.4, -0.2) is 17.6 Å². The van der Waals surface area contributed by atoms with Crippen LogP contribution in [0.3, 0.4) is 0 Å². The summed E-state index contributed by atoms with van der Waals surface area (Å²) in [6.07, 6.45) is 0. The van der Waals surface area contributed by atoms with E-state index in [4.69, 9.17) is 0 Å². The Morgan fingerprint density at radius 2 is 2.25 bits per heavy atom. The summed E-state index contributed by atoms with van der Waals surface area (Å²) in [7, 11) is 0. The lowest BCUT2D eigenvalue weighted by atomic mass is 10.7. The van der Waals surface area contributed by atoms with Crippen LogP contribution >= 0.6 is 12.6 Å². The van der Waals surface area contributed by atoms with Crippen molar-refractivity contribution >= 4 is 24.5 Å². The zero-order valence-electron chi connectivity index (χ0n) is 3.90. The molecule has 1 aliphatic rings. The first-order chi connectivity index (χ1) is 3.83. The number of urea groups is 1. The second-order valence-corrected chi connectivity index (χ2v) is 1.48. The highest BCUT2D eigenvalue weighted by Crippen LogP contribution is 1.98. The van der Waals surface area contributed by atoms with E-state index in [0.717, 1.165) is 0 Å². The molecular formula is C3H3N3OS. The van der Waals surface area contributed by atoms with Crippen molar-refractivity contribution in [3.63, 3.8) is 0 Å². The monoisotopic (exact) mass is 129 g/mol. The number of azo groups is 1. The Morgan fingerprint density at radius 1 is 1.50 bits per heavy atom. The lowest BCUT2D eigenvalue weighted by molar-refractivity contribution is 0.257. The minimum Gasteiger partial charge on any atom is -0.242 e. The van der Waals surface area contributed by atoms with Gasteiger partial charge in [0.15, 0.2) is 5.84 Å². The maximum Gasteiger partial charge on any atom is 0.387 e. The van der Waals surface area contributed by atoms with E-state index < -0.39 is 6.03 Å². The normalized spacial score (nSPS) is 17.1. The van der Waals surface area contributed by atoms with Gasteiger partial charge in [-0.05, 0) is 0 Å². The number of hydrogen-bond acceptors (Lipinski definition) is 3. The largest absolute Gasteiger partial charge is 0.387 e. The van der Waals surface area contributed by atoms with E-state index in [-0.39, 0.29) is 0 Å². The average molecular weight is 129 g/mol. The molecule has 0 aliphatic carbocycles. The molecular weight excluding hydrogens is 126 g/mol. The molecule has 8 heavy (non-hydrogen) atoms. The van der Waals surface area contributed by atoms with Gasteiger partial charge >= 0.3 is 6.03 Å². The maximum atomic E-state index is 10.1. The zero-order valence-corrected chi connectivity index (χ0v) is 4.80. The number of thiol groups is 1. The molecule has 0 spiro atoms. The van der Waals surface area contributed by atoms with E-state index in [1.807, 2.05) is 0 Å². The van der Waals surface area contributed by atoms with E-state index in [2.05, 4.69) is 27.8 Å². The van der Waals surface area contributed by atoms with Crippen LogP contribution in [0.1, 0.15) is 0 Å². The molecule has 0 saturated heterocycles. The fourth-order valence-electron chi connectivity index (χ4n) is 0.323. The number of amides is 2. The molecule has 5 heteroatoms. The maximum absolute atomic E-state index is 10.1. The molecule has 0 radical (unpaired) electrons. The van der Waals surface area contributed by atoms with Gasteiger partial charge in [-0.2, -0.15) is 17.6 Å². The summed E-state index contributed by atoms with van der Waals surface area (Å²) < 4.78 is 0. The van der Waals surface area contributed by atoms with Crippen LogP contribution in [0.4, 0.5) is 4.79 Å². The van der Waals surface area contributed by atoms with Gasteiger partial charge in [0, 0.05) is 0 Å². The van der Waals surface area contributed by atoms with Crippen LogP contribution < -0.4 is 0 Å². The van der Waals surface area contributed by atoms with Crippen molar-refractivity contribution < 1.29 is 4.79 Å². The van der Waals surface area contributed by atoms with Gasteiger partial charge < -0.3 is 0 Å². The predicted octanol–water partition coefficient (Wildman–Crippen LogP) is 0.900. The smallest absolute Gasteiger partial charge is 0.242 e. The molecule has 0 saturated carbocycles. The summed E-state index contributed by atoms with van der Waals surface area (Å²) in [6.45, 7) is 0. The van der Waals surface area contributed by atoms with Crippen molar-refractivity contribution in [2.24, 2.45) is 15.2 Å². The quantitative estimate of drug-likeness (QED) is 0.525. The number of hydrogen-bond donors (Lipinski definition) is 1. The second-order valence-electron chi connectivity index (χ2n) is 1.17. The Balaban J connectivity index is 2.72. The van der Waals surface area contributed by atoms with E-state index in [0.29, 0.717) is 11.6 Å². The molecule has 1 aliphatic heterocycles. The first-order valence-electron chi connectivity index (χ1n) is 1.97. The third kappa shape index (κ3) is 0.919. The summed E-state index contributed by atoms with van der Waals surface area (Å²) in [5.41, 5.74) is 0. The molecule has 42 valence electrons. The summed E-state index contributed by atoms with van der Waals surface area (Å²) in [4.78, 5) is 13.5. The Morgan fingerprint density at radius 3 is 2.50 bits per heavy atom. The van der Waals surface area contributed by atoms with Crippen molar-refractivity contribution in [3.8, 4) is 0 Å². The van der Waals surface area contributed by atoms with Gasteiger partial charge in [-0.25, -0.2) is 4.79 Å². The van der Waals surface area contributed by atoms with Crippen molar-refractivity contribution in [1.82, 2.24) is 0 Å². The Bertz CT molecular complexity index is 173. The summed E-state index contributed by atoms with van der Waals surface area (Å²) in [5.74, 6) is 0.758. The highest BCUT2D eigenvalue weighted by atomic mass is 32.1. The van der Waals surface area contributed by atoms with E-state index >= 15 is 0 Å². The fraction of sp³-hybridized carbons (Fsp3) is 0.333. The molecule has 0 fully saturated rings. The van der Waals surface area contributed by atoms with Crippen LogP contribution in [0.2, 0.25) is 0 Å². The second kappa shape index (κ2) is 2.04. The topological polar surface area (TPSA) is 54.1 Å². The lowest BCUT2D eigenvalue weighted by Crippen LogP contribution is -1.89. The molecule has 0 bridgehead atoms. The number of aliphatic imine (C=N–C) groups is 1. The minimum atomic E-state index is -0.533. The lowest BCUT2D eigenvalue weighted by Gasteiger charge is -1.77. The van der Waals surface area contributed by atoms with Crippen molar-refractivity contribution in [2.45, 2.75) is 0 Å².